The number of ether oxygens (including phenoxy) is 1. The summed E-state index contributed by atoms with van der Waals surface area (Å²) in [5.41, 5.74) is 1.27. The van der Waals surface area contributed by atoms with Crippen molar-refractivity contribution in [3.05, 3.63) is 35.7 Å². The molecule has 1 fully saturated rings. The molecular weight excluding hydrogens is 384 g/mol. The summed E-state index contributed by atoms with van der Waals surface area (Å²) in [6.07, 6.45) is 2.85. The van der Waals surface area contributed by atoms with Crippen LogP contribution in [0.3, 0.4) is 0 Å². The molecule has 1 aromatic carbocycles. The highest BCUT2D eigenvalue weighted by Gasteiger charge is 2.21. The Bertz CT molecular complexity index is 785. The molecular formula is C21H32N6OS. The molecule has 0 aliphatic carbocycles. The van der Waals surface area contributed by atoms with Gasteiger partial charge >= 0.3 is 0 Å². The lowest BCUT2D eigenvalue weighted by Gasteiger charge is -2.36. The smallest absolute Gasteiger partial charge is 0.205 e. The largest absolute Gasteiger partial charge is 0.494 e. The molecule has 2 aromatic rings. The number of piperazine rings is 1. The van der Waals surface area contributed by atoms with E-state index in [0.29, 0.717) is 0 Å². The Hall–Kier alpha value is -2.35. The van der Waals surface area contributed by atoms with Crippen molar-refractivity contribution in [2.24, 2.45) is 4.99 Å². The van der Waals surface area contributed by atoms with Gasteiger partial charge in [-0.05, 0) is 30.5 Å². The molecule has 1 aromatic heterocycles. The molecule has 29 heavy (non-hydrogen) atoms. The maximum Gasteiger partial charge on any atom is 0.205 e. The molecule has 8 heteroatoms. The van der Waals surface area contributed by atoms with Crippen LogP contribution in [0.15, 0.2) is 29.3 Å². The molecule has 0 bridgehead atoms. The molecule has 7 nitrogen and oxygen atoms in total. The minimum atomic E-state index is 0.761. The number of hydrogen-bond acceptors (Lipinski definition) is 6. The molecule has 3 rings (SSSR count). The van der Waals surface area contributed by atoms with Crippen LogP contribution in [0.5, 0.6) is 5.75 Å². The van der Waals surface area contributed by atoms with E-state index in [1.54, 1.807) is 0 Å². The second kappa shape index (κ2) is 11.0. The van der Waals surface area contributed by atoms with Crippen LogP contribution in [0.1, 0.15) is 31.7 Å². The molecule has 0 unspecified atom stereocenters. The van der Waals surface area contributed by atoms with Crippen LogP contribution in [0.4, 0.5) is 5.13 Å². The molecule has 0 atom stereocenters. The van der Waals surface area contributed by atoms with Gasteiger partial charge in [-0.1, -0.05) is 26.0 Å². The maximum absolute atomic E-state index is 5.73. The van der Waals surface area contributed by atoms with Gasteiger partial charge in [0.25, 0.3) is 0 Å². The summed E-state index contributed by atoms with van der Waals surface area (Å²) in [5.74, 6) is 2.86. The van der Waals surface area contributed by atoms with E-state index in [-0.39, 0.29) is 0 Å². The second-order valence-electron chi connectivity index (χ2n) is 7.04. The first kappa shape index (κ1) is 21.4. The number of guanidine groups is 1. The lowest BCUT2D eigenvalue weighted by Crippen LogP contribution is -2.52. The average Bonchev–Trinajstić information content (AvgIpc) is 3.25. The minimum absolute atomic E-state index is 0.761. The van der Waals surface area contributed by atoms with Crippen molar-refractivity contribution in [2.75, 3.05) is 51.3 Å². The van der Waals surface area contributed by atoms with Gasteiger partial charge in [0.1, 0.15) is 11.6 Å². The second-order valence-corrected chi connectivity index (χ2v) is 7.77. The van der Waals surface area contributed by atoms with E-state index < -0.39 is 0 Å². The third-order valence-electron chi connectivity index (χ3n) is 4.90. The summed E-state index contributed by atoms with van der Waals surface area (Å²) in [7, 11) is 1.85. The lowest BCUT2D eigenvalue weighted by molar-refractivity contribution is 0.317. The van der Waals surface area contributed by atoms with Crippen molar-refractivity contribution in [1.82, 2.24) is 19.6 Å². The standard InChI is InChI=1S/C21H32N6OS/c1-4-15-28-18-8-6-7-17(16-18)9-10-23-20(22-3)26-11-13-27(14-12-26)21-24-19(5-2)25-29-21/h6-8,16H,4-5,9-15H2,1-3H3,(H,22,23). The number of aliphatic imine (C=N–C) groups is 1. The van der Waals surface area contributed by atoms with Crippen LogP contribution in [-0.4, -0.2) is 66.6 Å². The summed E-state index contributed by atoms with van der Waals surface area (Å²) in [5, 5.41) is 4.55. The molecule has 1 saturated heterocycles. The van der Waals surface area contributed by atoms with Gasteiger partial charge in [0.2, 0.25) is 5.13 Å². The molecule has 2 heterocycles. The van der Waals surface area contributed by atoms with Crippen LogP contribution in [0.2, 0.25) is 0 Å². The molecule has 0 amide bonds. The van der Waals surface area contributed by atoms with E-state index in [4.69, 9.17) is 4.74 Å². The Labute approximate surface area is 178 Å². The third-order valence-corrected chi connectivity index (χ3v) is 5.72. The summed E-state index contributed by atoms with van der Waals surface area (Å²) in [6.45, 7) is 9.56. The van der Waals surface area contributed by atoms with E-state index >= 15 is 0 Å². The number of benzene rings is 1. The molecule has 158 valence electrons. The number of anilines is 1. The fourth-order valence-electron chi connectivity index (χ4n) is 3.29. The van der Waals surface area contributed by atoms with Crippen molar-refractivity contribution in [1.29, 1.82) is 0 Å². The van der Waals surface area contributed by atoms with Crippen LogP contribution in [0.25, 0.3) is 0 Å². The van der Waals surface area contributed by atoms with Gasteiger partial charge in [-0.3, -0.25) is 4.99 Å². The Kier molecular flexibility index (Phi) is 8.10. The van der Waals surface area contributed by atoms with Gasteiger partial charge in [0, 0.05) is 57.7 Å². The molecule has 1 N–H and O–H groups in total. The summed E-state index contributed by atoms with van der Waals surface area (Å²) in [4.78, 5) is 13.7. The highest BCUT2D eigenvalue weighted by molar-refractivity contribution is 7.09. The SMILES string of the molecule is CCCOc1cccc(CCNC(=NC)N2CCN(c3nc(CC)ns3)CC2)c1. The number of hydrogen-bond donors (Lipinski definition) is 1. The Morgan fingerprint density at radius 1 is 1.24 bits per heavy atom. The van der Waals surface area contributed by atoms with E-state index in [1.807, 2.05) is 13.1 Å². The number of nitrogens with one attached hydrogen (secondary N) is 1. The van der Waals surface area contributed by atoms with Crippen LogP contribution >= 0.6 is 11.5 Å². The third kappa shape index (κ3) is 6.06. The van der Waals surface area contributed by atoms with Crippen LogP contribution < -0.4 is 15.0 Å². The predicted octanol–water partition coefficient (Wildman–Crippen LogP) is 2.83. The first-order chi connectivity index (χ1) is 14.2. The number of aryl methyl sites for hydroxylation is 1. The average molecular weight is 417 g/mol. The topological polar surface area (TPSA) is 65.9 Å². The van der Waals surface area contributed by atoms with Gasteiger partial charge in [0.15, 0.2) is 5.96 Å². The molecule has 0 saturated carbocycles. The maximum atomic E-state index is 5.73. The minimum Gasteiger partial charge on any atom is -0.494 e. The highest BCUT2D eigenvalue weighted by atomic mass is 32.1. The number of aromatic nitrogens is 2. The Morgan fingerprint density at radius 3 is 2.76 bits per heavy atom. The Balaban J connectivity index is 1.45. The quantitative estimate of drug-likeness (QED) is 0.527. The first-order valence-corrected chi connectivity index (χ1v) is 11.3. The van der Waals surface area contributed by atoms with Gasteiger partial charge in [0.05, 0.1) is 6.61 Å². The van der Waals surface area contributed by atoms with E-state index in [0.717, 1.165) is 81.3 Å². The lowest BCUT2D eigenvalue weighted by atomic mass is 10.1. The van der Waals surface area contributed by atoms with Crippen molar-refractivity contribution < 1.29 is 4.74 Å². The monoisotopic (exact) mass is 416 g/mol. The normalized spacial score (nSPS) is 14.9. The summed E-state index contributed by atoms with van der Waals surface area (Å²) < 4.78 is 10.1. The fraction of sp³-hybridized carbons (Fsp3) is 0.571. The van der Waals surface area contributed by atoms with Gasteiger partial charge in [-0.15, -0.1) is 0 Å². The first-order valence-electron chi connectivity index (χ1n) is 10.5. The van der Waals surface area contributed by atoms with Gasteiger partial charge < -0.3 is 19.9 Å². The van der Waals surface area contributed by atoms with Crippen LogP contribution in [0, 0.1) is 0 Å². The molecule has 1 aliphatic heterocycles. The van der Waals surface area contributed by atoms with Gasteiger partial charge in [-0.25, -0.2) is 4.98 Å². The summed E-state index contributed by atoms with van der Waals surface area (Å²) >= 11 is 1.50. The molecule has 1 aliphatic rings. The predicted molar refractivity (Wildman–Crippen MR) is 120 cm³/mol. The van der Waals surface area contributed by atoms with Gasteiger partial charge in [-0.2, -0.15) is 4.37 Å². The van der Waals surface area contributed by atoms with Crippen molar-refractivity contribution in [3.63, 3.8) is 0 Å². The van der Waals surface area contributed by atoms with Crippen molar-refractivity contribution in [2.45, 2.75) is 33.1 Å². The Morgan fingerprint density at radius 2 is 2.07 bits per heavy atom. The zero-order valence-electron chi connectivity index (χ0n) is 17.7. The van der Waals surface area contributed by atoms with Crippen molar-refractivity contribution >= 4 is 22.6 Å². The summed E-state index contributed by atoms with van der Waals surface area (Å²) in [6, 6.07) is 8.36. The highest BCUT2D eigenvalue weighted by Crippen LogP contribution is 2.19. The number of rotatable bonds is 8. The molecule has 0 radical (unpaired) electrons. The van der Waals surface area contributed by atoms with Crippen molar-refractivity contribution in [3.8, 4) is 5.75 Å². The van der Waals surface area contributed by atoms with E-state index in [2.05, 4.69) is 61.5 Å². The fourth-order valence-corrected chi connectivity index (χ4v) is 4.09. The number of nitrogens with zero attached hydrogens (tertiary/aromatic N) is 5. The van der Waals surface area contributed by atoms with Crippen LogP contribution in [-0.2, 0) is 12.8 Å². The zero-order valence-corrected chi connectivity index (χ0v) is 18.5. The van der Waals surface area contributed by atoms with E-state index in [9.17, 15) is 0 Å². The molecule has 0 spiro atoms. The zero-order chi connectivity index (χ0) is 20.5. The van der Waals surface area contributed by atoms with E-state index in [1.165, 1.54) is 17.1 Å².